The van der Waals surface area contributed by atoms with Crippen LogP contribution in [0.3, 0.4) is 0 Å². The van der Waals surface area contributed by atoms with Crippen LogP contribution in [0.25, 0.3) is 12.2 Å². The van der Waals surface area contributed by atoms with E-state index in [1.54, 1.807) is 30.4 Å². The SMILES string of the molecule is COc1ccc(C=Cc2cc(OC)c(OC)c(OC)c2)c(NS(=O)(=O)c2cc(OC)c(OC)c(OC)c2)c1O. The Bertz CT molecular complexity index is 1420. The van der Waals surface area contributed by atoms with Crippen LogP contribution < -0.4 is 37.9 Å². The summed E-state index contributed by atoms with van der Waals surface area (Å²) in [6.07, 6.45) is 3.32. The van der Waals surface area contributed by atoms with Crippen LogP contribution in [0.5, 0.6) is 46.0 Å². The molecule has 3 aromatic carbocycles. The summed E-state index contributed by atoms with van der Waals surface area (Å²) >= 11 is 0. The van der Waals surface area contributed by atoms with Gasteiger partial charge in [-0.25, -0.2) is 8.42 Å². The summed E-state index contributed by atoms with van der Waals surface area (Å²) in [7, 11) is 5.77. The van der Waals surface area contributed by atoms with E-state index in [2.05, 4.69) is 4.72 Å². The van der Waals surface area contributed by atoms with E-state index < -0.39 is 15.8 Å². The van der Waals surface area contributed by atoms with Gasteiger partial charge in [-0.1, -0.05) is 12.2 Å². The average molecular weight is 562 g/mol. The quantitative estimate of drug-likeness (QED) is 0.242. The van der Waals surface area contributed by atoms with Gasteiger partial charge in [0.2, 0.25) is 11.5 Å². The van der Waals surface area contributed by atoms with Crippen molar-refractivity contribution < 1.29 is 46.7 Å². The maximum Gasteiger partial charge on any atom is 0.262 e. The molecule has 0 saturated carbocycles. The summed E-state index contributed by atoms with van der Waals surface area (Å²) in [6, 6.07) is 9.13. The zero-order valence-electron chi connectivity index (χ0n) is 22.6. The number of hydrogen-bond donors (Lipinski definition) is 2. The van der Waals surface area contributed by atoms with Gasteiger partial charge >= 0.3 is 0 Å². The number of aromatic hydroxyl groups is 1. The van der Waals surface area contributed by atoms with Crippen LogP contribution in [-0.2, 0) is 10.0 Å². The van der Waals surface area contributed by atoms with Crippen molar-refractivity contribution in [2.45, 2.75) is 4.90 Å². The molecule has 3 aromatic rings. The molecule has 0 saturated heterocycles. The third-order valence-corrected chi connectivity index (χ3v) is 7.05. The lowest BCUT2D eigenvalue weighted by atomic mass is 10.1. The highest BCUT2D eigenvalue weighted by Crippen LogP contribution is 2.43. The normalized spacial score (nSPS) is 11.2. The maximum absolute atomic E-state index is 13.5. The summed E-state index contributed by atoms with van der Waals surface area (Å²) in [6.45, 7) is 0. The van der Waals surface area contributed by atoms with Crippen LogP contribution in [0.15, 0.2) is 41.3 Å². The lowest BCUT2D eigenvalue weighted by Crippen LogP contribution is -2.14. The predicted octanol–water partition coefficient (Wildman–Crippen LogP) is 4.42. The molecule has 210 valence electrons. The van der Waals surface area contributed by atoms with Crippen molar-refractivity contribution in [1.82, 2.24) is 0 Å². The molecule has 11 nitrogen and oxygen atoms in total. The molecule has 0 spiro atoms. The first-order chi connectivity index (χ1) is 18.7. The highest BCUT2D eigenvalue weighted by atomic mass is 32.2. The van der Waals surface area contributed by atoms with Crippen LogP contribution in [0.4, 0.5) is 5.69 Å². The van der Waals surface area contributed by atoms with E-state index in [0.29, 0.717) is 28.4 Å². The molecule has 0 aliphatic carbocycles. The molecule has 39 heavy (non-hydrogen) atoms. The van der Waals surface area contributed by atoms with Crippen LogP contribution >= 0.6 is 0 Å². The van der Waals surface area contributed by atoms with Crippen LogP contribution in [0.2, 0.25) is 0 Å². The molecule has 0 radical (unpaired) electrons. The Balaban J connectivity index is 2.11. The third-order valence-electron chi connectivity index (χ3n) is 5.72. The molecule has 0 atom stereocenters. The first-order valence-electron chi connectivity index (χ1n) is 11.4. The first-order valence-corrected chi connectivity index (χ1v) is 12.9. The monoisotopic (exact) mass is 561 g/mol. The van der Waals surface area contributed by atoms with Crippen molar-refractivity contribution in [2.24, 2.45) is 0 Å². The molecular weight excluding hydrogens is 530 g/mol. The third kappa shape index (κ3) is 6.01. The number of anilines is 1. The number of sulfonamides is 1. The van der Waals surface area contributed by atoms with Gasteiger partial charge in [-0.2, -0.15) is 0 Å². The molecule has 0 bridgehead atoms. The number of hydrogen-bond acceptors (Lipinski definition) is 10. The number of methoxy groups -OCH3 is 7. The zero-order chi connectivity index (χ0) is 28.7. The van der Waals surface area contributed by atoms with Gasteiger partial charge in [0.1, 0.15) is 5.69 Å². The van der Waals surface area contributed by atoms with Gasteiger partial charge in [0.15, 0.2) is 34.5 Å². The summed E-state index contributed by atoms with van der Waals surface area (Å²) in [4.78, 5) is -0.182. The molecule has 0 amide bonds. The van der Waals surface area contributed by atoms with Crippen molar-refractivity contribution in [3.63, 3.8) is 0 Å². The molecular formula is C27H31NO10S. The Morgan fingerprint density at radius 2 is 1.10 bits per heavy atom. The van der Waals surface area contributed by atoms with E-state index >= 15 is 0 Å². The van der Waals surface area contributed by atoms with Crippen LogP contribution in [0, 0.1) is 0 Å². The number of rotatable bonds is 12. The fraction of sp³-hybridized carbons (Fsp3) is 0.259. The number of phenolic OH excluding ortho intramolecular Hbond substituents is 1. The molecule has 3 rings (SSSR count). The van der Waals surface area contributed by atoms with E-state index in [0.717, 1.165) is 0 Å². The van der Waals surface area contributed by atoms with Gasteiger partial charge in [0.05, 0.1) is 54.7 Å². The number of phenols is 1. The molecule has 0 fully saturated rings. The van der Waals surface area contributed by atoms with Crippen molar-refractivity contribution in [3.05, 3.63) is 47.5 Å². The molecule has 0 aliphatic heterocycles. The van der Waals surface area contributed by atoms with E-state index in [-0.39, 0.29) is 33.6 Å². The first kappa shape index (κ1) is 29.1. The fourth-order valence-electron chi connectivity index (χ4n) is 3.79. The molecule has 2 N–H and O–H groups in total. The zero-order valence-corrected chi connectivity index (χ0v) is 23.5. The standard InChI is InChI=1S/C27H31NO10S/c1-32-19-11-10-17(9-8-16-12-20(33-2)26(37-6)21(13-16)34-3)24(25(19)29)28-39(30,31)18-14-22(35-4)27(38-7)23(15-18)36-5/h8-15,28-29H,1-7H3. The van der Waals surface area contributed by atoms with Crippen molar-refractivity contribution >= 4 is 27.9 Å². The summed E-state index contributed by atoms with van der Waals surface area (Å²) < 4.78 is 66.6. The summed E-state index contributed by atoms with van der Waals surface area (Å²) in [5.74, 6) is 1.51. The second-order valence-electron chi connectivity index (χ2n) is 7.84. The Kier molecular flexibility index (Phi) is 9.25. The minimum Gasteiger partial charge on any atom is -0.503 e. The van der Waals surface area contributed by atoms with Gasteiger partial charge in [-0.05, 0) is 29.8 Å². The number of benzene rings is 3. The highest BCUT2D eigenvalue weighted by Gasteiger charge is 2.24. The van der Waals surface area contributed by atoms with Crippen LogP contribution in [-0.4, -0.2) is 63.3 Å². The Labute approximate surface area is 227 Å². The smallest absolute Gasteiger partial charge is 0.262 e. The molecule has 12 heteroatoms. The second-order valence-corrected chi connectivity index (χ2v) is 9.52. The largest absolute Gasteiger partial charge is 0.503 e. The van der Waals surface area contributed by atoms with Crippen LogP contribution in [0.1, 0.15) is 11.1 Å². The fourth-order valence-corrected chi connectivity index (χ4v) is 4.91. The van der Waals surface area contributed by atoms with Crippen molar-refractivity contribution in [1.29, 1.82) is 0 Å². The van der Waals surface area contributed by atoms with Gasteiger partial charge in [-0.15, -0.1) is 0 Å². The minimum absolute atomic E-state index is 0.0718. The Morgan fingerprint density at radius 3 is 1.54 bits per heavy atom. The van der Waals surface area contributed by atoms with E-state index in [9.17, 15) is 13.5 Å². The number of nitrogens with one attached hydrogen (secondary N) is 1. The Hall–Kier alpha value is -4.45. The summed E-state index contributed by atoms with van der Waals surface area (Å²) in [5.41, 5.74) is 0.906. The van der Waals surface area contributed by atoms with Gasteiger partial charge in [0, 0.05) is 17.7 Å². The van der Waals surface area contributed by atoms with Crippen molar-refractivity contribution in [2.75, 3.05) is 54.5 Å². The summed E-state index contributed by atoms with van der Waals surface area (Å²) in [5, 5.41) is 10.9. The van der Waals surface area contributed by atoms with E-state index in [1.165, 1.54) is 68.0 Å². The lowest BCUT2D eigenvalue weighted by molar-refractivity contribution is 0.323. The maximum atomic E-state index is 13.5. The number of ether oxygens (including phenoxy) is 7. The van der Waals surface area contributed by atoms with E-state index in [1.807, 2.05) is 0 Å². The van der Waals surface area contributed by atoms with Gasteiger partial charge in [0.25, 0.3) is 10.0 Å². The highest BCUT2D eigenvalue weighted by molar-refractivity contribution is 7.92. The molecule has 0 aromatic heterocycles. The average Bonchev–Trinajstić information content (AvgIpc) is 2.95. The topological polar surface area (TPSA) is 131 Å². The molecule has 0 heterocycles. The molecule has 0 aliphatic rings. The van der Waals surface area contributed by atoms with Gasteiger partial charge < -0.3 is 38.3 Å². The minimum atomic E-state index is -4.26. The van der Waals surface area contributed by atoms with Crippen molar-refractivity contribution in [3.8, 4) is 46.0 Å². The predicted molar refractivity (Wildman–Crippen MR) is 147 cm³/mol. The van der Waals surface area contributed by atoms with Gasteiger partial charge in [-0.3, -0.25) is 4.72 Å². The lowest BCUT2D eigenvalue weighted by Gasteiger charge is -2.17. The molecule has 0 unspecified atom stereocenters. The Morgan fingerprint density at radius 1 is 0.641 bits per heavy atom. The van der Waals surface area contributed by atoms with E-state index in [4.69, 9.17) is 33.2 Å². The second kappa shape index (κ2) is 12.4.